The third kappa shape index (κ3) is 4.24. The number of piperazine rings is 1. The minimum atomic E-state index is -0.280. The Morgan fingerprint density at radius 1 is 0.967 bits per heavy atom. The van der Waals surface area contributed by atoms with E-state index in [9.17, 15) is 4.79 Å². The maximum absolute atomic E-state index is 12.1. The van der Waals surface area contributed by atoms with Gasteiger partial charge < -0.3 is 9.32 Å². The SMILES string of the molecule is Cc1cc(N2CCN(Cc3cc(=O)oc4cc(C)c(C)cc34)CC2)nc(C(C)C)n1. The second kappa shape index (κ2) is 8.19. The fourth-order valence-corrected chi connectivity index (χ4v) is 3.98. The number of hydrogen-bond acceptors (Lipinski definition) is 6. The molecule has 0 radical (unpaired) electrons. The van der Waals surface area contributed by atoms with Gasteiger partial charge in [-0.2, -0.15) is 0 Å². The molecule has 0 amide bonds. The lowest BCUT2D eigenvalue weighted by Crippen LogP contribution is -2.46. The summed E-state index contributed by atoms with van der Waals surface area (Å²) < 4.78 is 5.45. The minimum Gasteiger partial charge on any atom is -0.423 e. The van der Waals surface area contributed by atoms with Gasteiger partial charge in [0.1, 0.15) is 17.2 Å². The quantitative estimate of drug-likeness (QED) is 0.611. The van der Waals surface area contributed by atoms with Gasteiger partial charge in [0.15, 0.2) is 0 Å². The number of anilines is 1. The number of hydrogen-bond donors (Lipinski definition) is 0. The van der Waals surface area contributed by atoms with E-state index in [1.54, 1.807) is 6.07 Å². The number of fused-ring (bicyclic) bond motifs is 1. The van der Waals surface area contributed by atoms with Gasteiger partial charge in [0.25, 0.3) is 0 Å². The Labute approximate surface area is 177 Å². The van der Waals surface area contributed by atoms with E-state index in [0.29, 0.717) is 11.5 Å². The molecular formula is C24H30N4O2. The molecule has 0 N–H and O–H groups in total. The molecule has 1 fully saturated rings. The zero-order chi connectivity index (χ0) is 21.4. The predicted octanol–water partition coefficient (Wildman–Crippen LogP) is 3.95. The summed E-state index contributed by atoms with van der Waals surface area (Å²) in [4.78, 5) is 26.2. The fraction of sp³-hybridized carbons (Fsp3) is 0.458. The Morgan fingerprint density at radius 2 is 1.67 bits per heavy atom. The van der Waals surface area contributed by atoms with Crippen molar-refractivity contribution < 1.29 is 4.42 Å². The van der Waals surface area contributed by atoms with Crippen LogP contribution >= 0.6 is 0 Å². The lowest BCUT2D eigenvalue weighted by molar-refractivity contribution is 0.249. The van der Waals surface area contributed by atoms with Crippen LogP contribution in [0.1, 0.15) is 48.0 Å². The van der Waals surface area contributed by atoms with Crippen molar-refractivity contribution in [1.82, 2.24) is 14.9 Å². The summed E-state index contributed by atoms with van der Waals surface area (Å²) in [7, 11) is 0. The van der Waals surface area contributed by atoms with Crippen LogP contribution < -0.4 is 10.5 Å². The largest absolute Gasteiger partial charge is 0.423 e. The molecule has 0 bridgehead atoms. The van der Waals surface area contributed by atoms with Crippen molar-refractivity contribution in [2.45, 2.75) is 47.1 Å². The van der Waals surface area contributed by atoms with E-state index in [2.05, 4.69) is 47.7 Å². The molecule has 6 nitrogen and oxygen atoms in total. The van der Waals surface area contributed by atoms with Crippen LogP contribution in [-0.2, 0) is 6.54 Å². The van der Waals surface area contributed by atoms with Gasteiger partial charge in [-0.15, -0.1) is 0 Å². The molecule has 0 spiro atoms. The van der Waals surface area contributed by atoms with E-state index in [0.717, 1.165) is 66.6 Å². The summed E-state index contributed by atoms with van der Waals surface area (Å²) in [6.07, 6.45) is 0. The molecule has 1 saturated heterocycles. The predicted molar refractivity (Wildman–Crippen MR) is 120 cm³/mol. The summed E-state index contributed by atoms with van der Waals surface area (Å²) in [5, 5.41) is 1.04. The van der Waals surface area contributed by atoms with Crippen LogP contribution in [0, 0.1) is 20.8 Å². The Kier molecular flexibility index (Phi) is 5.60. The first kappa shape index (κ1) is 20.5. The Hall–Kier alpha value is -2.73. The number of aryl methyl sites for hydroxylation is 3. The van der Waals surface area contributed by atoms with Crippen molar-refractivity contribution in [2.24, 2.45) is 0 Å². The molecule has 0 unspecified atom stereocenters. The summed E-state index contributed by atoms with van der Waals surface area (Å²) in [5.74, 6) is 2.23. The van der Waals surface area contributed by atoms with Crippen LogP contribution in [0.5, 0.6) is 0 Å². The normalized spacial score (nSPS) is 15.3. The van der Waals surface area contributed by atoms with Crippen molar-refractivity contribution in [1.29, 1.82) is 0 Å². The van der Waals surface area contributed by atoms with Gasteiger partial charge in [-0.1, -0.05) is 13.8 Å². The van der Waals surface area contributed by atoms with Gasteiger partial charge >= 0.3 is 5.63 Å². The molecule has 0 saturated carbocycles. The van der Waals surface area contributed by atoms with Gasteiger partial charge in [0, 0.05) is 61.9 Å². The number of rotatable bonds is 4. The zero-order valence-corrected chi connectivity index (χ0v) is 18.5. The van der Waals surface area contributed by atoms with Crippen LogP contribution in [0.2, 0.25) is 0 Å². The topological polar surface area (TPSA) is 62.5 Å². The highest BCUT2D eigenvalue weighted by molar-refractivity contribution is 5.81. The summed E-state index contributed by atoms with van der Waals surface area (Å²) in [6.45, 7) is 14.8. The highest BCUT2D eigenvalue weighted by Gasteiger charge is 2.21. The second-order valence-electron chi connectivity index (χ2n) is 8.67. The second-order valence-corrected chi connectivity index (χ2v) is 8.67. The lowest BCUT2D eigenvalue weighted by Gasteiger charge is -2.35. The van der Waals surface area contributed by atoms with E-state index < -0.39 is 0 Å². The van der Waals surface area contributed by atoms with Crippen LogP contribution in [0.4, 0.5) is 5.82 Å². The maximum Gasteiger partial charge on any atom is 0.336 e. The van der Waals surface area contributed by atoms with Gasteiger partial charge in [0.2, 0.25) is 0 Å². The molecule has 30 heavy (non-hydrogen) atoms. The monoisotopic (exact) mass is 406 g/mol. The van der Waals surface area contributed by atoms with Crippen molar-refractivity contribution >= 4 is 16.8 Å². The fourth-order valence-electron chi connectivity index (χ4n) is 3.98. The van der Waals surface area contributed by atoms with Crippen molar-refractivity contribution in [3.05, 3.63) is 62.9 Å². The first-order chi connectivity index (χ1) is 14.3. The number of aromatic nitrogens is 2. The third-order valence-corrected chi connectivity index (χ3v) is 5.91. The molecule has 0 aliphatic carbocycles. The molecule has 2 aromatic heterocycles. The average molecular weight is 407 g/mol. The Balaban J connectivity index is 1.51. The van der Waals surface area contributed by atoms with Gasteiger partial charge in [-0.05, 0) is 49.6 Å². The highest BCUT2D eigenvalue weighted by atomic mass is 16.4. The molecule has 1 aliphatic heterocycles. The molecule has 1 aliphatic rings. The first-order valence-electron chi connectivity index (χ1n) is 10.7. The standard InChI is InChI=1S/C24H30N4O2/c1-15(2)24-25-18(5)12-22(26-24)28-8-6-27(7-9-28)14-19-13-23(29)30-21-11-17(4)16(3)10-20(19)21/h10-13,15H,6-9,14H2,1-5H3. The minimum absolute atomic E-state index is 0.280. The van der Waals surface area contributed by atoms with E-state index >= 15 is 0 Å². The summed E-state index contributed by atoms with van der Waals surface area (Å²) >= 11 is 0. The first-order valence-corrected chi connectivity index (χ1v) is 10.7. The molecule has 6 heteroatoms. The molecule has 158 valence electrons. The van der Waals surface area contributed by atoms with Crippen LogP contribution in [0.15, 0.2) is 33.5 Å². The lowest BCUT2D eigenvalue weighted by atomic mass is 10.0. The van der Waals surface area contributed by atoms with E-state index in [1.165, 1.54) is 5.56 Å². The van der Waals surface area contributed by atoms with Crippen LogP contribution in [-0.4, -0.2) is 41.0 Å². The molecule has 0 atom stereocenters. The van der Waals surface area contributed by atoms with Crippen LogP contribution in [0.3, 0.4) is 0 Å². The average Bonchev–Trinajstić information content (AvgIpc) is 2.69. The molecular weight excluding hydrogens is 376 g/mol. The Morgan fingerprint density at radius 3 is 2.37 bits per heavy atom. The van der Waals surface area contributed by atoms with Crippen molar-refractivity contribution in [3.63, 3.8) is 0 Å². The molecule has 4 rings (SSSR count). The molecule has 3 aromatic rings. The molecule has 3 heterocycles. The van der Waals surface area contributed by atoms with E-state index in [4.69, 9.17) is 9.40 Å². The highest BCUT2D eigenvalue weighted by Crippen LogP contribution is 2.24. The zero-order valence-electron chi connectivity index (χ0n) is 18.5. The number of benzene rings is 1. The van der Waals surface area contributed by atoms with E-state index in [-0.39, 0.29) is 5.63 Å². The maximum atomic E-state index is 12.1. The molecule has 1 aromatic carbocycles. The van der Waals surface area contributed by atoms with E-state index in [1.807, 2.05) is 19.9 Å². The van der Waals surface area contributed by atoms with Gasteiger partial charge in [0.05, 0.1) is 0 Å². The third-order valence-electron chi connectivity index (χ3n) is 5.91. The summed E-state index contributed by atoms with van der Waals surface area (Å²) in [5.41, 5.74) is 4.80. The smallest absolute Gasteiger partial charge is 0.336 e. The van der Waals surface area contributed by atoms with Crippen molar-refractivity contribution in [2.75, 3.05) is 31.1 Å². The summed E-state index contributed by atoms with van der Waals surface area (Å²) in [6, 6.07) is 7.82. The van der Waals surface area contributed by atoms with Crippen molar-refractivity contribution in [3.8, 4) is 0 Å². The van der Waals surface area contributed by atoms with Gasteiger partial charge in [-0.3, -0.25) is 4.90 Å². The number of nitrogens with zero attached hydrogens (tertiary/aromatic N) is 4. The van der Waals surface area contributed by atoms with Crippen LogP contribution in [0.25, 0.3) is 11.0 Å². The Bertz CT molecular complexity index is 1130. The van der Waals surface area contributed by atoms with Gasteiger partial charge in [-0.25, -0.2) is 14.8 Å².